The van der Waals surface area contributed by atoms with Gasteiger partial charge in [-0.25, -0.2) is 9.97 Å². The molecule has 0 radical (unpaired) electrons. The minimum Gasteiger partial charge on any atom is -0.507 e. The molecular weight excluding hydrogens is 536 g/mol. The van der Waals surface area contributed by atoms with Gasteiger partial charge in [-0.15, -0.1) is 0 Å². The number of nitrogens with one attached hydrogen (secondary N) is 2. The van der Waals surface area contributed by atoms with Gasteiger partial charge in [0.05, 0.1) is 28.3 Å². The molecule has 6 rings (SSSR count). The first kappa shape index (κ1) is 28.7. The van der Waals surface area contributed by atoms with Crippen LogP contribution in [-0.2, 0) is 11.2 Å². The maximum absolute atomic E-state index is 11.7. The number of H-pyrrole nitrogens is 2. The zero-order valence-electron chi connectivity index (χ0n) is 25.9. The summed E-state index contributed by atoms with van der Waals surface area (Å²) in [6, 6.07) is 6.29. The number of aromatic amines is 2. The summed E-state index contributed by atoms with van der Waals surface area (Å²) < 4.78 is 0. The Bertz CT molecular complexity index is 1860. The molecule has 0 fully saturated rings. The predicted molar refractivity (Wildman–Crippen MR) is 175 cm³/mol. The molecule has 43 heavy (non-hydrogen) atoms. The average Bonchev–Trinajstić information content (AvgIpc) is 3.70. The molecule has 222 valence electrons. The van der Waals surface area contributed by atoms with Gasteiger partial charge < -0.3 is 20.2 Å². The van der Waals surface area contributed by atoms with Crippen LogP contribution in [0.5, 0.6) is 0 Å². The number of aryl methyl sites for hydroxylation is 1. The molecule has 4 aliphatic rings. The fourth-order valence-electron chi connectivity index (χ4n) is 7.04. The standard InChI is InChI=1S/C36H40N4O3/c1-8-21-18(5)26-14-28-19(6)23(10-11-33(42)43)35(39-28)25-13-32(41)34-22(9-2)30(40-36(25)34)16-31-24(12-17(3)4)20(7)27(38-31)15-29(21)37-26/h8,13-17,19,23,39-41H,1,9-12H2,2-7H3,(H,42,43)/t19-,23-/m0/s1. The van der Waals surface area contributed by atoms with Crippen molar-refractivity contribution in [3.63, 3.8) is 0 Å². The van der Waals surface area contributed by atoms with Crippen molar-refractivity contribution < 1.29 is 15.0 Å². The number of carbonyl (C=O) groups is 1. The van der Waals surface area contributed by atoms with E-state index in [9.17, 15) is 15.0 Å². The molecule has 0 saturated carbocycles. The molecular formula is C36H40N4O3. The molecule has 2 aromatic rings. The molecule has 1 aliphatic carbocycles. The van der Waals surface area contributed by atoms with Crippen molar-refractivity contribution in [1.82, 2.24) is 19.9 Å². The van der Waals surface area contributed by atoms with Gasteiger partial charge in [-0.1, -0.05) is 40.3 Å². The fraction of sp³-hybridized carbons (Fsp3) is 0.361. The van der Waals surface area contributed by atoms with Crippen LogP contribution in [-0.4, -0.2) is 36.1 Å². The Morgan fingerprint density at radius 3 is 2.47 bits per heavy atom. The van der Waals surface area contributed by atoms with Crippen LogP contribution in [0.4, 0.5) is 0 Å². The Hall–Kier alpha value is -4.39. The second-order valence-corrected chi connectivity index (χ2v) is 12.5. The highest BCUT2D eigenvalue weighted by Crippen LogP contribution is 2.46. The number of aliphatic carboxylic acids is 1. The van der Waals surface area contributed by atoms with Crippen LogP contribution in [0.2, 0.25) is 0 Å². The van der Waals surface area contributed by atoms with E-state index < -0.39 is 5.97 Å². The van der Waals surface area contributed by atoms with Crippen molar-refractivity contribution in [3.8, 4) is 0 Å². The van der Waals surface area contributed by atoms with E-state index in [-0.39, 0.29) is 24.0 Å². The molecule has 8 bridgehead atoms. The van der Waals surface area contributed by atoms with Crippen molar-refractivity contribution in [3.05, 3.63) is 81.7 Å². The fourth-order valence-corrected chi connectivity index (χ4v) is 7.04. The molecule has 0 unspecified atom stereocenters. The first-order valence-corrected chi connectivity index (χ1v) is 15.3. The van der Waals surface area contributed by atoms with Gasteiger partial charge in [0.25, 0.3) is 0 Å². The number of aliphatic hydroxyl groups excluding tert-OH is 1. The molecule has 0 amide bonds. The molecule has 0 saturated heterocycles. The van der Waals surface area contributed by atoms with Gasteiger partial charge in [0, 0.05) is 51.9 Å². The van der Waals surface area contributed by atoms with Crippen LogP contribution >= 0.6 is 0 Å². The maximum Gasteiger partial charge on any atom is 0.303 e. The van der Waals surface area contributed by atoms with E-state index in [1.54, 1.807) is 0 Å². The van der Waals surface area contributed by atoms with Crippen LogP contribution in [0.15, 0.2) is 30.9 Å². The summed E-state index contributed by atoms with van der Waals surface area (Å²) >= 11 is 0. The molecule has 7 nitrogen and oxygen atoms in total. The van der Waals surface area contributed by atoms with E-state index >= 15 is 0 Å². The maximum atomic E-state index is 11.7. The lowest BCUT2D eigenvalue weighted by molar-refractivity contribution is -0.137. The summed E-state index contributed by atoms with van der Waals surface area (Å²) in [6.07, 6.45) is 5.85. The van der Waals surface area contributed by atoms with Crippen molar-refractivity contribution in [1.29, 1.82) is 0 Å². The van der Waals surface area contributed by atoms with Crippen molar-refractivity contribution in [2.45, 2.75) is 79.1 Å². The highest BCUT2D eigenvalue weighted by molar-refractivity contribution is 6.02. The number of hydrogen-bond donors (Lipinski definition) is 4. The zero-order valence-corrected chi connectivity index (χ0v) is 25.9. The van der Waals surface area contributed by atoms with Gasteiger partial charge in [0.2, 0.25) is 0 Å². The number of allylic oxidation sites excluding steroid dienone is 5. The van der Waals surface area contributed by atoms with E-state index in [0.29, 0.717) is 12.3 Å². The second kappa shape index (κ2) is 10.7. The topological polar surface area (TPSA) is 115 Å². The molecule has 7 heteroatoms. The van der Waals surface area contributed by atoms with Gasteiger partial charge in [0.1, 0.15) is 5.76 Å². The number of aliphatic hydroxyl groups is 1. The Morgan fingerprint density at radius 1 is 1.07 bits per heavy atom. The highest BCUT2D eigenvalue weighted by Gasteiger charge is 2.33. The summed E-state index contributed by atoms with van der Waals surface area (Å²) in [6.45, 7) is 17.0. The number of hydrogen-bond acceptors (Lipinski definition) is 4. The lowest BCUT2D eigenvalue weighted by Crippen LogP contribution is -2.06. The average molecular weight is 577 g/mol. The van der Waals surface area contributed by atoms with Crippen LogP contribution in [0, 0.1) is 5.92 Å². The summed E-state index contributed by atoms with van der Waals surface area (Å²) in [4.78, 5) is 29.2. The van der Waals surface area contributed by atoms with E-state index in [2.05, 4.69) is 76.3 Å². The summed E-state index contributed by atoms with van der Waals surface area (Å²) in [5, 5.41) is 20.9. The minimum atomic E-state index is -0.818. The number of nitrogens with zero attached hydrogens (tertiary/aromatic N) is 2. The van der Waals surface area contributed by atoms with Crippen molar-refractivity contribution in [2.75, 3.05) is 0 Å². The quantitative estimate of drug-likeness (QED) is 0.263. The third-order valence-corrected chi connectivity index (χ3v) is 9.36. The van der Waals surface area contributed by atoms with Crippen LogP contribution in [0.3, 0.4) is 0 Å². The highest BCUT2D eigenvalue weighted by atomic mass is 16.4. The van der Waals surface area contributed by atoms with E-state index in [1.807, 2.05) is 12.2 Å². The molecule has 0 spiro atoms. The van der Waals surface area contributed by atoms with Crippen LogP contribution in [0.25, 0.3) is 45.2 Å². The lowest BCUT2D eigenvalue weighted by atomic mass is 9.86. The summed E-state index contributed by atoms with van der Waals surface area (Å²) in [7, 11) is 0. The first-order valence-electron chi connectivity index (χ1n) is 15.3. The third-order valence-electron chi connectivity index (χ3n) is 9.36. The van der Waals surface area contributed by atoms with Crippen LogP contribution < -0.4 is 0 Å². The molecule has 2 atom stereocenters. The molecule has 3 aliphatic heterocycles. The zero-order chi connectivity index (χ0) is 30.7. The van der Waals surface area contributed by atoms with Gasteiger partial charge >= 0.3 is 5.97 Å². The Morgan fingerprint density at radius 2 is 1.79 bits per heavy atom. The number of carboxylic acids is 1. The summed E-state index contributed by atoms with van der Waals surface area (Å²) in [5.41, 5.74) is 14.4. The number of aromatic nitrogens is 4. The normalized spacial score (nSPS) is 18.4. The van der Waals surface area contributed by atoms with Gasteiger partial charge in [0.15, 0.2) is 0 Å². The number of rotatable bonds is 7. The van der Waals surface area contributed by atoms with Gasteiger partial charge in [-0.05, 0) is 85.6 Å². The van der Waals surface area contributed by atoms with Crippen LogP contribution in [0.1, 0.15) is 123 Å². The molecule has 4 N–H and O–H groups in total. The van der Waals surface area contributed by atoms with Gasteiger partial charge in [-0.3, -0.25) is 4.79 Å². The third kappa shape index (κ3) is 4.71. The number of fused-ring (bicyclic) bond motifs is 8. The smallest absolute Gasteiger partial charge is 0.303 e. The molecule has 2 aromatic heterocycles. The second-order valence-electron chi connectivity index (χ2n) is 12.5. The summed E-state index contributed by atoms with van der Waals surface area (Å²) in [5.74, 6) is -0.178. The first-order chi connectivity index (χ1) is 20.5. The lowest BCUT2D eigenvalue weighted by Gasteiger charge is -2.16. The van der Waals surface area contributed by atoms with E-state index in [0.717, 1.165) is 91.4 Å². The Labute approximate surface area is 252 Å². The van der Waals surface area contributed by atoms with Crippen molar-refractivity contribution >= 4 is 51.1 Å². The number of carboxylic acid groups (broad SMARTS) is 1. The van der Waals surface area contributed by atoms with Gasteiger partial charge in [-0.2, -0.15) is 0 Å². The minimum absolute atomic E-state index is 0.0270. The van der Waals surface area contributed by atoms with E-state index in [1.165, 1.54) is 5.57 Å². The largest absolute Gasteiger partial charge is 0.507 e. The SMILES string of the molecule is C=CC1=C(C)c2cc3[nH]c(c4c5[nH]c(cc6nc(cc1n2)C(C)=C6CC(C)C)c(CC)c5C(O)=C4)[C@@H](CCC(=O)O)[C@@H]3C. The molecule has 5 heterocycles. The predicted octanol–water partition coefficient (Wildman–Crippen LogP) is 8.81. The Kier molecular flexibility index (Phi) is 7.15. The molecule has 0 aromatic carbocycles. The van der Waals surface area contributed by atoms with Crippen molar-refractivity contribution in [2.24, 2.45) is 5.92 Å². The Balaban J connectivity index is 1.76. The monoisotopic (exact) mass is 576 g/mol. The van der Waals surface area contributed by atoms with E-state index in [4.69, 9.17) is 9.97 Å².